The predicted molar refractivity (Wildman–Crippen MR) is 142 cm³/mol. The summed E-state index contributed by atoms with van der Waals surface area (Å²) in [6, 6.07) is 12.4. The molecule has 0 spiro atoms. The van der Waals surface area contributed by atoms with Crippen LogP contribution in [0.15, 0.2) is 53.4 Å². The Morgan fingerprint density at radius 2 is 1.74 bits per heavy atom. The van der Waals surface area contributed by atoms with Crippen LogP contribution in [0.1, 0.15) is 22.5 Å². The van der Waals surface area contributed by atoms with Crippen LogP contribution in [-0.4, -0.2) is 44.2 Å². The molecule has 188 valence electrons. The topological polar surface area (TPSA) is 104 Å². The van der Waals surface area contributed by atoms with Gasteiger partial charge in [0.25, 0.3) is 5.91 Å². The maximum absolute atomic E-state index is 12.7. The van der Waals surface area contributed by atoms with Crippen molar-refractivity contribution in [2.75, 3.05) is 13.1 Å². The quantitative estimate of drug-likeness (QED) is 0.214. The molecule has 3 rings (SSSR count). The summed E-state index contributed by atoms with van der Waals surface area (Å²) in [6.45, 7) is 0.203. The molecule has 0 aliphatic carbocycles. The summed E-state index contributed by atoms with van der Waals surface area (Å²) in [5.41, 5.74) is 0. The summed E-state index contributed by atoms with van der Waals surface area (Å²) in [7, 11) is -3.84. The van der Waals surface area contributed by atoms with Gasteiger partial charge in [0.2, 0.25) is 15.9 Å². The Balaban J connectivity index is 1.52. The molecule has 0 saturated carbocycles. The van der Waals surface area contributed by atoms with E-state index in [1.54, 1.807) is 6.07 Å². The normalized spacial score (nSPS) is 12.6. The van der Waals surface area contributed by atoms with E-state index in [9.17, 15) is 18.0 Å². The first kappa shape index (κ1) is 28.0. The van der Waals surface area contributed by atoms with Gasteiger partial charge >= 0.3 is 0 Å². The Bertz CT molecular complexity index is 1280. The third kappa shape index (κ3) is 7.95. The molecular formula is C22H21Cl4N3O4S2. The number of benzene rings is 2. The number of hydrogen-bond donors (Lipinski definition) is 3. The van der Waals surface area contributed by atoms with Gasteiger partial charge in [-0.25, -0.2) is 13.1 Å². The summed E-state index contributed by atoms with van der Waals surface area (Å²) < 4.78 is 28.2. The molecule has 3 N–H and O–H groups in total. The second-order valence-electron chi connectivity index (χ2n) is 7.42. The van der Waals surface area contributed by atoms with E-state index < -0.39 is 32.7 Å². The molecule has 2 amide bonds. The highest BCUT2D eigenvalue weighted by Crippen LogP contribution is 2.26. The van der Waals surface area contributed by atoms with Crippen molar-refractivity contribution in [3.8, 4) is 0 Å². The van der Waals surface area contributed by atoms with Crippen LogP contribution in [0.3, 0.4) is 0 Å². The second-order valence-corrected chi connectivity index (χ2v) is 12.4. The van der Waals surface area contributed by atoms with Crippen LogP contribution in [0.2, 0.25) is 10.0 Å². The van der Waals surface area contributed by atoms with Crippen molar-refractivity contribution in [1.29, 1.82) is 0 Å². The molecule has 13 heteroatoms. The van der Waals surface area contributed by atoms with E-state index >= 15 is 0 Å². The van der Waals surface area contributed by atoms with Crippen molar-refractivity contribution in [3.63, 3.8) is 0 Å². The Morgan fingerprint density at radius 3 is 2.43 bits per heavy atom. The Morgan fingerprint density at radius 1 is 1.00 bits per heavy atom. The average molecular weight is 597 g/mol. The summed E-state index contributed by atoms with van der Waals surface area (Å²) in [5.74, 6) is -0.887. The van der Waals surface area contributed by atoms with Crippen LogP contribution in [0.25, 0.3) is 10.1 Å². The average Bonchev–Trinajstić information content (AvgIpc) is 3.22. The summed E-state index contributed by atoms with van der Waals surface area (Å²) in [6.07, 6.45) is 0.297. The molecule has 1 heterocycles. The van der Waals surface area contributed by atoms with Crippen molar-refractivity contribution in [3.05, 3.63) is 63.5 Å². The van der Waals surface area contributed by atoms with Crippen LogP contribution in [0.4, 0.5) is 0 Å². The zero-order chi connectivity index (χ0) is 25.6. The Labute approximate surface area is 227 Å². The first-order chi connectivity index (χ1) is 16.6. The predicted octanol–water partition coefficient (Wildman–Crippen LogP) is 4.99. The van der Waals surface area contributed by atoms with Crippen molar-refractivity contribution in [2.24, 2.45) is 0 Å². The minimum atomic E-state index is -3.84. The van der Waals surface area contributed by atoms with Crippen LogP contribution >= 0.6 is 57.7 Å². The minimum absolute atomic E-state index is 0.00669. The molecule has 7 nitrogen and oxygen atoms in total. The maximum Gasteiger partial charge on any atom is 0.262 e. The number of thiophene rings is 1. The number of sulfonamides is 1. The minimum Gasteiger partial charge on any atom is -0.354 e. The van der Waals surface area contributed by atoms with Gasteiger partial charge in [0, 0.05) is 29.2 Å². The highest BCUT2D eigenvalue weighted by Gasteiger charge is 2.24. The van der Waals surface area contributed by atoms with E-state index in [0.29, 0.717) is 16.3 Å². The fourth-order valence-electron chi connectivity index (χ4n) is 3.13. The summed E-state index contributed by atoms with van der Waals surface area (Å²) >= 11 is 24.8. The van der Waals surface area contributed by atoms with E-state index in [0.717, 1.165) is 10.1 Å². The van der Waals surface area contributed by atoms with Crippen LogP contribution < -0.4 is 15.4 Å². The van der Waals surface area contributed by atoms with E-state index in [1.165, 1.54) is 29.5 Å². The molecule has 0 aliphatic rings. The standard InChI is InChI=1S/C22H21Cl4N3O4S2/c23-14-6-7-19(15(24)11-14)35(32,33)28-9-3-8-27-21(30)16(12-20(25)26)29-22(31)18-10-13-4-1-2-5-17(13)34-18/h1-2,4-7,10-11,16,20,28H,3,8-9,12H2,(H,27,30)(H,29,31)/t16-/m0/s1. The summed E-state index contributed by atoms with van der Waals surface area (Å²) in [4.78, 5) is 24.9. The van der Waals surface area contributed by atoms with Gasteiger partial charge in [-0.1, -0.05) is 41.4 Å². The van der Waals surface area contributed by atoms with Gasteiger partial charge in [-0.05, 0) is 42.1 Å². The van der Waals surface area contributed by atoms with Gasteiger partial charge < -0.3 is 10.6 Å². The van der Waals surface area contributed by atoms with Gasteiger partial charge in [0.1, 0.15) is 15.8 Å². The Hall–Kier alpha value is -1.59. The first-order valence-corrected chi connectivity index (χ1v) is 14.3. The van der Waals surface area contributed by atoms with Gasteiger partial charge in [-0.3, -0.25) is 9.59 Å². The van der Waals surface area contributed by atoms with Crippen molar-refractivity contribution < 1.29 is 18.0 Å². The van der Waals surface area contributed by atoms with Crippen molar-refractivity contribution in [2.45, 2.75) is 28.6 Å². The zero-order valence-electron chi connectivity index (χ0n) is 18.1. The lowest BCUT2D eigenvalue weighted by Crippen LogP contribution is -2.47. The van der Waals surface area contributed by atoms with Crippen molar-refractivity contribution in [1.82, 2.24) is 15.4 Å². The number of amides is 2. The molecule has 2 aromatic carbocycles. The number of nitrogens with one attached hydrogen (secondary N) is 3. The molecule has 3 aromatic rings. The van der Waals surface area contributed by atoms with Crippen LogP contribution in [0, 0.1) is 0 Å². The molecule has 0 bridgehead atoms. The monoisotopic (exact) mass is 595 g/mol. The maximum atomic E-state index is 12.7. The fourth-order valence-corrected chi connectivity index (χ4v) is 6.30. The molecule has 0 unspecified atom stereocenters. The number of rotatable bonds is 11. The Kier molecular flexibility index (Phi) is 10.1. The second kappa shape index (κ2) is 12.6. The molecule has 0 fully saturated rings. The molecule has 0 aliphatic heterocycles. The largest absolute Gasteiger partial charge is 0.354 e. The van der Waals surface area contributed by atoms with Crippen LogP contribution in [0.5, 0.6) is 0 Å². The molecule has 0 saturated heterocycles. The number of hydrogen-bond acceptors (Lipinski definition) is 5. The zero-order valence-corrected chi connectivity index (χ0v) is 22.7. The molecular weight excluding hydrogens is 576 g/mol. The highest BCUT2D eigenvalue weighted by atomic mass is 35.5. The molecule has 1 aromatic heterocycles. The van der Waals surface area contributed by atoms with E-state index in [1.807, 2.05) is 24.3 Å². The van der Waals surface area contributed by atoms with Gasteiger partial charge in [-0.2, -0.15) is 0 Å². The van der Waals surface area contributed by atoms with E-state index in [4.69, 9.17) is 46.4 Å². The number of alkyl halides is 2. The summed E-state index contributed by atoms with van der Waals surface area (Å²) in [5, 5.41) is 6.60. The molecule has 1 atom stereocenters. The number of carbonyl (C=O) groups is 2. The van der Waals surface area contributed by atoms with E-state index in [2.05, 4.69) is 15.4 Å². The number of fused-ring (bicyclic) bond motifs is 1. The van der Waals surface area contributed by atoms with Gasteiger partial charge in [0.05, 0.1) is 9.90 Å². The van der Waals surface area contributed by atoms with E-state index in [-0.39, 0.29) is 29.4 Å². The molecule has 0 radical (unpaired) electrons. The lowest BCUT2D eigenvalue weighted by Gasteiger charge is -2.18. The third-order valence-electron chi connectivity index (χ3n) is 4.81. The smallest absolute Gasteiger partial charge is 0.262 e. The van der Waals surface area contributed by atoms with Gasteiger partial charge in [-0.15, -0.1) is 34.5 Å². The third-order valence-corrected chi connectivity index (χ3v) is 8.46. The lowest BCUT2D eigenvalue weighted by molar-refractivity contribution is -0.123. The first-order valence-electron chi connectivity index (χ1n) is 10.4. The SMILES string of the molecule is O=C(N[C@@H](CC(Cl)Cl)C(=O)NCCCNS(=O)(=O)c1ccc(Cl)cc1Cl)c1cc2ccccc2s1. The van der Waals surface area contributed by atoms with Crippen molar-refractivity contribution >= 4 is 89.7 Å². The number of carbonyl (C=O) groups excluding carboxylic acids is 2. The fraction of sp³-hybridized carbons (Fsp3) is 0.273. The number of halogens is 4. The molecule has 35 heavy (non-hydrogen) atoms. The highest BCUT2D eigenvalue weighted by molar-refractivity contribution is 7.89. The lowest BCUT2D eigenvalue weighted by atomic mass is 10.2. The van der Waals surface area contributed by atoms with Crippen LogP contribution in [-0.2, 0) is 14.8 Å². The van der Waals surface area contributed by atoms with Gasteiger partial charge in [0.15, 0.2) is 0 Å².